The van der Waals surface area contributed by atoms with E-state index in [1.807, 2.05) is 0 Å². The Bertz CT molecular complexity index is 101. The minimum atomic E-state index is 0.976. The van der Waals surface area contributed by atoms with Gasteiger partial charge in [-0.15, -0.1) is 11.8 Å². The number of nitrogens with two attached hydrogens (primary N) is 1. The van der Waals surface area contributed by atoms with E-state index in [4.69, 9.17) is 5.73 Å². The largest absolute Gasteiger partial charge is 0.401 e. The fraction of sp³-hybridized carbons (Fsp3) is 0.714. The molecule has 0 spiro atoms. The van der Waals surface area contributed by atoms with Crippen LogP contribution in [0.2, 0.25) is 0 Å². The van der Waals surface area contributed by atoms with Gasteiger partial charge >= 0.3 is 0 Å². The molecule has 0 rings (SSSR count). The SMILES string of the molecule is CC/C(N)=C(\CC)SC. The van der Waals surface area contributed by atoms with Crippen molar-refractivity contribution in [3.8, 4) is 0 Å². The first kappa shape index (κ1) is 8.89. The van der Waals surface area contributed by atoms with Crippen molar-refractivity contribution < 1.29 is 0 Å². The first-order valence-corrected chi connectivity index (χ1v) is 4.50. The van der Waals surface area contributed by atoms with E-state index in [-0.39, 0.29) is 0 Å². The van der Waals surface area contributed by atoms with Crippen molar-refractivity contribution in [2.45, 2.75) is 26.7 Å². The fourth-order valence-electron chi connectivity index (χ4n) is 0.700. The summed E-state index contributed by atoms with van der Waals surface area (Å²) in [6.07, 6.45) is 4.12. The molecule has 0 amide bonds. The average Bonchev–Trinajstić information content (AvgIpc) is 1.90. The van der Waals surface area contributed by atoms with Crippen LogP contribution in [0.3, 0.4) is 0 Å². The lowest BCUT2D eigenvalue weighted by Crippen LogP contribution is -1.98. The molecule has 0 aliphatic carbocycles. The zero-order chi connectivity index (χ0) is 7.28. The third-order valence-corrected chi connectivity index (χ3v) is 2.35. The van der Waals surface area contributed by atoms with E-state index >= 15 is 0 Å². The van der Waals surface area contributed by atoms with Crippen molar-refractivity contribution in [1.29, 1.82) is 0 Å². The van der Waals surface area contributed by atoms with Crippen LogP contribution in [-0.2, 0) is 0 Å². The Kier molecular flexibility index (Phi) is 4.68. The highest BCUT2D eigenvalue weighted by Gasteiger charge is 1.95. The van der Waals surface area contributed by atoms with E-state index in [2.05, 4.69) is 20.1 Å². The van der Waals surface area contributed by atoms with Crippen LogP contribution in [0.1, 0.15) is 26.7 Å². The lowest BCUT2D eigenvalue weighted by Gasteiger charge is -2.03. The molecule has 0 radical (unpaired) electrons. The van der Waals surface area contributed by atoms with Gasteiger partial charge in [0.05, 0.1) is 0 Å². The summed E-state index contributed by atoms with van der Waals surface area (Å²) in [6, 6.07) is 0. The van der Waals surface area contributed by atoms with Crippen molar-refractivity contribution in [1.82, 2.24) is 0 Å². The summed E-state index contributed by atoms with van der Waals surface area (Å²) >= 11 is 1.76. The average molecular weight is 145 g/mol. The van der Waals surface area contributed by atoms with Gasteiger partial charge in [0.25, 0.3) is 0 Å². The summed E-state index contributed by atoms with van der Waals surface area (Å²) < 4.78 is 0. The fourth-order valence-corrected chi connectivity index (χ4v) is 1.39. The molecule has 0 aliphatic heterocycles. The van der Waals surface area contributed by atoms with Gasteiger partial charge in [-0.1, -0.05) is 13.8 Å². The van der Waals surface area contributed by atoms with Gasteiger partial charge in [0.2, 0.25) is 0 Å². The van der Waals surface area contributed by atoms with E-state index in [0.29, 0.717) is 0 Å². The Morgan fingerprint density at radius 1 is 1.33 bits per heavy atom. The molecule has 9 heavy (non-hydrogen) atoms. The van der Waals surface area contributed by atoms with Crippen LogP contribution in [0.4, 0.5) is 0 Å². The second-order valence-corrected chi connectivity index (χ2v) is 2.76. The summed E-state index contributed by atoms with van der Waals surface area (Å²) in [7, 11) is 0. The molecule has 0 aromatic heterocycles. The molecular weight excluding hydrogens is 130 g/mol. The van der Waals surface area contributed by atoms with Crippen LogP contribution in [-0.4, -0.2) is 6.26 Å². The quantitative estimate of drug-likeness (QED) is 0.659. The van der Waals surface area contributed by atoms with Gasteiger partial charge in [-0.25, -0.2) is 0 Å². The van der Waals surface area contributed by atoms with Gasteiger partial charge < -0.3 is 5.73 Å². The second-order valence-electron chi connectivity index (χ2n) is 1.86. The van der Waals surface area contributed by atoms with Crippen molar-refractivity contribution in [3.05, 3.63) is 10.6 Å². The van der Waals surface area contributed by atoms with Crippen LogP contribution >= 0.6 is 11.8 Å². The van der Waals surface area contributed by atoms with Crippen molar-refractivity contribution in [2.24, 2.45) is 5.73 Å². The number of allylic oxidation sites excluding steroid dienone is 2. The second kappa shape index (κ2) is 4.74. The number of hydrogen-bond donors (Lipinski definition) is 1. The zero-order valence-electron chi connectivity index (χ0n) is 6.40. The summed E-state index contributed by atoms with van der Waals surface area (Å²) in [4.78, 5) is 1.33. The highest BCUT2D eigenvalue weighted by molar-refractivity contribution is 8.02. The molecule has 0 bridgehead atoms. The number of thioether (sulfide) groups is 1. The molecule has 2 N–H and O–H groups in total. The number of rotatable bonds is 3. The lowest BCUT2D eigenvalue weighted by atomic mass is 10.3. The Morgan fingerprint density at radius 3 is 2.00 bits per heavy atom. The molecule has 0 unspecified atom stereocenters. The lowest BCUT2D eigenvalue weighted by molar-refractivity contribution is 1.02. The van der Waals surface area contributed by atoms with Crippen LogP contribution in [0.25, 0.3) is 0 Å². The Hall–Kier alpha value is -0.110. The maximum Gasteiger partial charge on any atom is 0.0174 e. The molecule has 0 heterocycles. The molecule has 0 atom stereocenters. The predicted octanol–water partition coefficient (Wildman–Crippen LogP) is 2.34. The van der Waals surface area contributed by atoms with Gasteiger partial charge in [0.15, 0.2) is 0 Å². The van der Waals surface area contributed by atoms with Gasteiger partial charge in [0.1, 0.15) is 0 Å². The first-order chi connectivity index (χ1) is 4.26. The molecule has 54 valence electrons. The predicted molar refractivity (Wildman–Crippen MR) is 45.3 cm³/mol. The molecule has 1 nitrogen and oxygen atoms in total. The minimum absolute atomic E-state index is 0.976. The Labute approximate surface area is 61.7 Å². The van der Waals surface area contributed by atoms with E-state index < -0.39 is 0 Å². The van der Waals surface area contributed by atoms with Crippen LogP contribution in [0, 0.1) is 0 Å². The summed E-state index contributed by atoms with van der Waals surface area (Å²) in [5, 5.41) is 0. The van der Waals surface area contributed by atoms with E-state index in [9.17, 15) is 0 Å². The maximum absolute atomic E-state index is 5.70. The topological polar surface area (TPSA) is 26.0 Å². The van der Waals surface area contributed by atoms with E-state index in [0.717, 1.165) is 18.5 Å². The third kappa shape index (κ3) is 2.80. The molecule has 0 aromatic carbocycles. The standard InChI is InChI=1S/C7H15NS/c1-4-6(8)7(5-2)9-3/h4-5,8H2,1-3H3/b7-6-. The Morgan fingerprint density at radius 2 is 1.89 bits per heavy atom. The first-order valence-electron chi connectivity index (χ1n) is 3.27. The van der Waals surface area contributed by atoms with Crippen LogP contribution in [0.5, 0.6) is 0 Å². The van der Waals surface area contributed by atoms with Crippen molar-refractivity contribution >= 4 is 11.8 Å². The third-order valence-electron chi connectivity index (χ3n) is 1.31. The van der Waals surface area contributed by atoms with Crippen LogP contribution in [0.15, 0.2) is 10.6 Å². The van der Waals surface area contributed by atoms with E-state index in [1.165, 1.54) is 4.91 Å². The molecule has 0 saturated carbocycles. The Balaban J connectivity index is 4.01. The van der Waals surface area contributed by atoms with E-state index in [1.54, 1.807) is 11.8 Å². The van der Waals surface area contributed by atoms with Crippen LogP contribution < -0.4 is 5.73 Å². The minimum Gasteiger partial charge on any atom is -0.401 e. The number of hydrogen-bond acceptors (Lipinski definition) is 2. The summed E-state index contributed by atoms with van der Waals surface area (Å²) in [6.45, 7) is 4.22. The van der Waals surface area contributed by atoms with Gasteiger partial charge in [0, 0.05) is 10.6 Å². The van der Waals surface area contributed by atoms with Gasteiger partial charge in [-0.3, -0.25) is 0 Å². The van der Waals surface area contributed by atoms with Gasteiger partial charge in [-0.2, -0.15) is 0 Å². The van der Waals surface area contributed by atoms with Crippen molar-refractivity contribution in [3.63, 3.8) is 0 Å². The summed E-state index contributed by atoms with van der Waals surface area (Å²) in [5.74, 6) is 0. The molecular formula is C7H15NS. The molecule has 0 aliphatic rings. The molecule has 0 aromatic rings. The monoisotopic (exact) mass is 145 g/mol. The highest BCUT2D eigenvalue weighted by Crippen LogP contribution is 2.18. The zero-order valence-corrected chi connectivity index (χ0v) is 7.22. The smallest absolute Gasteiger partial charge is 0.0174 e. The molecule has 0 fully saturated rings. The summed E-state index contributed by atoms with van der Waals surface area (Å²) in [5.41, 5.74) is 6.74. The highest BCUT2D eigenvalue weighted by atomic mass is 32.2. The molecule has 0 saturated heterocycles. The molecule has 2 heteroatoms. The van der Waals surface area contributed by atoms with Gasteiger partial charge in [-0.05, 0) is 19.1 Å². The maximum atomic E-state index is 5.70. The van der Waals surface area contributed by atoms with Crippen molar-refractivity contribution in [2.75, 3.05) is 6.26 Å². The normalized spacial score (nSPS) is 13.2.